The Hall–Kier alpha value is -3.55. The van der Waals surface area contributed by atoms with E-state index >= 15 is 0 Å². The van der Waals surface area contributed by atoms with Crippen LogP contribution in [0, 0.1) is 0 Å². The number of carbonyl (C=O) groups excluding carboxylic acids is 1. The second kappa shape index (κ2) is 6.64. The van der Waals surface area contributed by atoms with Gasteiger partial charge in [-0.1, -0.05) is 19.1 Å². The standard InChI is InChI=1S/C19H17N5O3/c1-3-12-5-7-13(8-6-12)23-10-9-15-16(18(23)25)21-22-17-14(11-20-24(15)17)19(26)27-4-2/h5-11H,3-4H2,1-2H3. The van der Waals surface area contributed by atoms with Crippen LogP contribution in [0.5, 0.6) is 0 Å². The number of hydrogen-bond donors (Lipinski definition) is 0. The molecule has 0 unspecified atom stereocenters. The first-order valence-corrected chi connectivity index (χ1v) is 8.66. The summed E-state index contributed by atoms with van der Waals surface area (Å²) in [5.41, 5.74) is 2.74. The number of esters is 1. The van der Waals surface area contributed by atoms with Crippen LogP contribution in [0.1, 0.15) is 29.8 Å². The maximum Gasteiger partial charge on any atom is 0.343 e. The molecule has 136 valence electrons. The highest BCUT2D eigenvalue weighted by molar-refractivity contribution is 5.96. The quantitative estimate of drug-likeness (QED) is 0.516. The Morgan fingerprint density at radius 2 is 1.89 bits per heavy atom. The van der Waals surface area contributed by atoms with Gasteiger partial charge in [-0.2, -0.15) is 5.10 Å². The number of ether oxygens (including phenoxy) is 1. The summed E-state index contributed by atoms with van der Waals surface area (Å²) in [7, 11) is 0. The average Bonchev–Trinajstić information content (AvgIpc) is 3.13. The zero-order valence-electron chi connectivity index (χ0n) is 14.9. The van der Waals surface area contributed by atoms with Crippen molar-refractivity contribution in [2.45, 2.75) is 20.3 Å². The van der Waals surface area contributed by atoms with Crippen LogP contribution < -0.4 is 5.56 Å². The number of fused-ring (bicyclic) bond motifs is 3. The number of hydrogen-bond acceptors (Lipinski definition) is 6. The molecule has 0 fully saturated rings. The topological polar surface area (TPSA) is 91.4 Å². The van der Waals surface area contributed by atoms with E-state index in [-0.39, 0.29) is 28.9 Å². The summed E-state index contributed by atoms with van der Waals surface area (Å²) in [5.74, 6) is -0.523. The maximum atomic E-state index is 12.9. The van der Waals surface area contributed by atoms with Gasteiger partial charge < -0.3 is 4.74 Å². The lowest BCUT2D eigenvalue weighted by atomic mass is 10.1. The molecule has 0 bridgehead atoms. The third-order valence-corrected chi connectivity index (χ3v) is 4.38. The van der Waals surface area contributed by atoms with Crippen LogP contribution in [0.3, 0.4) is 0 Å². The molecule has 0 aliphatic rings. The van der Waals surface area contributed by atoms with Gasteiger partial charge in [-0.3, -0.25) is 9.36 Å². The van der Waals surface area contributed by atoms with Crippen molar-refractivity contribution in [1.29, 1.82) is 0 Å². The summed E-state index contributed by atoms with van der Waals surface area (Å²) in [6.07, 6.45) is 3.97. The second-order valence-electron chi connectivity index (χ2n) is 5.96. The molecule has 0 aliphatic heterocycles. The zero-order valence-corrected chi connectivity index (χ0v) is 14.9. The van der Waals surface area contributed by atoms with Crippen LogP contribution in [0.15, 0.2) is 47.5 Å². The first-order chi connectivity index (χ1) is 13.1. The molecule has 0 N–H and O–H groups in total. The minimum Gasteiger partial charge on any atom is -0.462 e. The fourth-order valence-electron chi connectivity index (χ4n) is 2.94. The van der Waals surface area contributed by atoms with Crippen LogP contribution >= 0.6 is 0 Å². The SMILES string of the molecule is CCOC(=O)c1cnn2c1nnc1c(=O)n(-c3ccc(CC)cc3)ccc12. The number of carbonyl (C=O) groups is 1. The van der Waals surface area contributed by atoms with Gasteiger partial charge in [-0.15, -0.1) is 10.2 Å². The lowest BCUT2D eigenvalue weighted by Gasteiger charge is -2.08. The number of nitrogens with zero attached hydrogens (tertiary/aromatic N) is 5. The Morgan fingerprint density at radius 1 is 1.11 bits per heavy atom. The summed E-state index contributed by atoms with van der Waals surface area (Å²) in [4.78, 5) is 24.9. The zero-order chi connectivity index (χ0) is 19.0. The third-order valence-electron chi connectivity index (χ3n) is 4.38. The van der Waals surface area contributed by atoms with E-state index in [1.807, 2.05) is 24.3 Å². The number of pyridine rings is 1. The fourth-order valence-corrected chi connectivity index (χ4v) is 2.94. The maximum absolute atomic E-state index is 12.9. The van der Waals surface area contributed by atoms with Gasteiger partial charge in [-0.25, -0.2) is 9.31 Å². The summed E-state index contributed by atoms with van der Waals surface area (Å²) in [6.45, 7) is 4.05. The molecule has 0 aliphatic carbocycles. The van der Waals surface area contributed by atoms with Crippen molar-refractivity contribution in [1.82, 2.24) is 24.4 Å². The Kier molecular flexibility index (Phi) is 4.15. The van der Waals surface area contributed by atoms with Gasteiger partial charge in [0.1, 0.15) is 11.1 Å². The molecule has 4 rings (SSSR count). The fraction of sp³-hybridized carbons (Fsp3) is 0.211. The molecule has 0 saturated carbocycles. The number of rotatable bonds is 4. The molecule has 0 saturated heterocycles. The van der Waals surface area contributed by atoms with E-state index in [0.29, 0.717) is 5.52 Å². The molecule has 8 heteroatoms. The van der Waals surface area contributed by atoms with Gasteiger partial charge in [0.25, 0.3) is 5.56 Å². The normalized spacial score (nSPS) is 11.2. The molecular weight excluding hydrogens is 346 g/mol. The van der Waals surface area contributed by atoms with Crippen LogP contribution in [0.4, 0.5) is 0 Å². The Labute approximate surface area is 154 Å². The Balaban J connectivity index is 1.87. The van der Waals surface area contributed by atoms with Gasteiger partial charge in [0.15, 0.2) is 11.2 Å². The molecule has 0 amide bonds. The summed E-state index contributed by atoms with van der Waals surface area (Å²) in [6, 6.07) is 9.49. The first-order valence-electron chi connectivity index (χ1n) is 8.66. The highest BCUT2D eigenvalue weighted by Gasteiger charge is 2.18. The van der Waals surface area contributed by atoms with Gasteiger partial charge >= 0.3 is 5.97 Å². The van der Waals surface area contributed by atoms with Crippen molar-refractivity contribution in [2.75, 3.05) is 6.61 Å². The molecule has 0 radical (unpaired) electrons. The molecule has 4 aromatic rings. The van der Waals surface area contributed by atoms with Crippen molar-refractivity contribution in [3.8, 4) is 5.69 Å². The van der Waals surface area contributed by atoms with Crippen LogP contribution in [0.25, 0.3) is 22.4 Å². The van der Waals surface area contributed by atoms with Crippen molar-refractivity contribution < 1.29 is 9.53 Å². The minimum absolute atomic E-state index is 0.170. The Morgan fingerprint density at radius 3 is 2.59 bits per heavy atom. The summed E-state index contributed by atoms with van der Waals surface area (Å²) >= 11 is 0. The predicted molar refractivity (Wildman–Crippen MR) is 99.2 cm³/mol. The molecule has 8 nitrogen and oxygen atoms in total. The lowest BCUT2D eigenvalue weighted by Crippen LogP contribution is -2.20. The van der Waals surface area contributed by atoms with Crippen LogP contribution in [0.2, 0.25) is 0 Å². The van der Waals surface area contributed by atoms with E-state index in [2.05, 4.69) is 22.2 Å². The number of aryl methyl sites for hydroxylation is 1. The van der Waals surface area contributed by atoms with Crippen LogP contribution in [-0.2, 0) is 11.2 Å². The average molecular weight is 363 g/mol. The van der Waals surface area contributed by atoms with E-state index in [9.17, 15) is 9.59 Å². The highest BCUT2D eigenvalue weighted by Crippen LogP contribution is 2.15. The van der Waals surface area contributed by atoms with Gasteiger partial charge in [0, 0.05) is 11.9 Å². The van der Waals surface area contributed by atoms with Crippen LogP contribution in [-0.4, -0.2) is 37.0 Å². The second-order valence-corrected chi connectivity index (χ2v) is 5.96. The van der Waals surface area contributed by atoms with Crippen molar-refractivity contribution >= 4 is 22.6 Å². The molecule has 0 atom stereocenters. The van der Waals surface area contributed by atoms with Gasteiger partial charge in [0.05, 0.1) is 12.8 Å². The molecule has 1 aromatic carbocycles. The Bertz CT molecular complexity index is 1210. The van der Waals surface area contributed by atoms with Gasteiger partial charge in [0.2, 0.25) is 0 Å². The van der Waals surface area contributed by atoms with E-state index < -0.39 is 5.97 Å². The van der Waals surface area contributed by atoms with E-state index in [1.165, 1.54) is 20.8 Å². The lowest BCUT2D eigenvalue weighted by molar-refractivity contribution is 0.0528. The summed E-state index contributed by atoms with van der Waals surface area (Å²) < 4.78 is 7.94. The minimum atomic E-state index is -0.523. The largest absolute Gasteiger partial charge is 0.462 e. The molecule has 0 spiro atoms. The third kappa shape index (κ3) is 2.75. The smallest absolute Gasteiger partial charge is 0.343 e. The monoisotopic (exact) mass is 363 g/mol. The number of benzene rings is 1. The first kappa shape index (κ1) is 16.9. The molecule has 3 heterocycles. The molecule has 3 aromatic heterocycles. The van der Waals surface area contributed by atoms with Gasteiger partial charge in [-0.05, 0) is 37.1 Å². The molecule has 27 heavy (non-hydrogen) atoms. The van der Waals surface area contributed by atoms with E-state index in [4.69, 9.17) is 4.74 Å². The van der Waals surface area contributed by atoms with Crippen molar-refractivity contribution in [2.24, 2.45) is 0 Å². The predicted octanol–water partition coefficient (Wildman–Crippen LogP) is 2.17. The van der Waals surface area contributed by atoms with E-state index in [1.54, 1.807) is 19.2 Å². The van der Waals surface area contributed by atoms with Crippen molar-refractivity contribution in [3.63, 3.8) is 0 Å². The van der Waals surface area contributed by atoms with Crippen molar-refractivity contribution in [3.05, 3.63) is 64.2 Å². The summed E-state index contributed by atoms with van der Waals surface area (Å²) in [5, 5.41) is 12.3. The number of aromatic nitrogens is 5. The highest BCUT2D eigenvalue weighted by atomic mass is 16.5. The van der Waals surface area contributed by atoms with E-state index in [0.717, 1.165) is 12.1 Å². The molecular formula is C19H17N5O3.